The van der Waals surface area contributed by atoms with Gasteiger partial charge in [-0.05, 0) is 5.92 Å². The number of amides is 1. The van der Waals surface area contributed by atoms with Crippen molar-refractivity contribution in [3.63, 3.8) is 0 Å². The number of piperidine rings is 1. The van der Waals surface area contributed by atoms with E-state index >= 15 is 0 Å². The van der Waals surface area contributed by atoms with Crippen LogP contribution in [0.2, 0.25) is 0 Å². The number of nitrogens with zero attached hydrogens (tertiary/aromatic N) is 7. The Bertz CT molecular complexity index is 1230. The van der Waals surface area contributed by atoms with Gasteiger partial charge in [0.1, 0.15) is 6.61 Å². The fraction of sp³-hybridized carbons (Fsp3) is 0.429. The van der Waals surface area contributed by atoms with Crippen molar-refractivity contribution in [3.8, 4) is 17.3 Å². The molecule has 1 unspecified atom stereocenters. The molecule has 0 spiro atoms. The first kappa shape index (κ1) is 25.3. The van der Waals surface area contributed by atoms with E-state index in [1.54, 1.807) is 0 Å². The summed E-state index contributed by atoms with van der Waals surface area (Å²) >= 11 is 0. The molecule has 9 nitrogen and oxygen atoms in total. The number of rotatable bonds is 5. The molecular weight excluding hydrogens is 496 g/mol. The van der Waals surface area contributed by atoms with Gasteiger partial charge in [-0.2, -0.15) is 18.3 Å². The molecule has 1 saturated heterocycles. The molecule has 1 amide bonds. The van der Waals surface area contributed by atoms with Crippen molar-refractivity contribution in [3.05, 3.63) is 48.2 Å². The highest BCUT2D eigenvalue weighted by molar-refractivity contribution is 5.98. The van der Waals surface area contributed by atoms with Crippen LogP contribution in [0, 0.1) is 11.7 Å². The molecule has 4 heterocycles. The van der Waals surface area contributed by atoms with Crippen molar-refractivity contribution in [1.82, 2.24) is 34.6 Å². The summed E-state index contributed by atoms with van der Waals surface area (Å²) in [5.41, 5.74) is -1.34. The van der Waals surface area contributed by atoms with Gasteiger partial charge in [-0.15, -0.1) is 0 Å². The van der Waals surface area contributed by atoms with Crippen LogP contribution in [0.3, 0.4) is 0 Å². The molecule has 3 aromatic heterocycles. The summed E-state index contributed by atoms with van der Waals surface area (Å²) in [5.74, 6) is -5.83. The minimum Gasteiger partial charge on any atom is -0.474 e. The Balaban J connectivity index is 1.60. The zero-order chi connectivity index (χ0) is 26.3. The summed E-state index contributed by atoms with van der Waals surface area (Å²) in [6, 6.07) is -0.898. The number of halogens is 6. The Morgan fingerprint density at radius 1 is 1.14 bits per heavy atom. The highest BCUT2D eigenvalue weighted by Crippen LogP contribution is 2.36. The first-order valence-electron chi connectivity index (χ1n) is 10.6. The lowest BCUT2D eigenvalue weighted by Crippen LogP contribution is -2.57. The number of hydrogen-bond acceptors (Lipinski definition) is 7. The molecule has 1 fully saturated rings. The largest absolute Gasteiger partial charge is 0.474 e. The minimum absolute atomic E-state index is 0.0301. The van der Waals surface area contributed by atoms with Gasteiger partial charge >= 0.3 is 6.18 Å². The molecule has 1 aliphatic rings. The molecular formula is C21H19F6N7O2. The average Bonchev–Trinajstić information content (AvgIpc) is 3.19. The number of likely N-dealkylation sites (tertiary alicyclic amines) is 1. The smallest absolute Gasteiger partial charge is 0.434 e. The topological polar surface area (TPSA) is 98.9 Å². The van der Waals surface area contributed by atoms with E-state index in [1.807, 2.05) is 0 Å². The summed E-state index contributed by atoms with van der Waals surface area (Å²) < 4.78 is 87.1. The van der Waals surface area contributed by atoms with E-state index in [-0.39, 0.29) is 29.6 Å². The van der Waals surface area contributed by atoms with Crippen LogP contribution in [0.5, 0.6) is 5.88 Å². The van der Waals surface area contributed by atoms with Gasteiger partial charge in [-0.1, -0.05) is 6.92 Å². The standard InChI is InChI=1S/C21H19F6N7O2/c1-11-3-20(23,24)10-34(14(11)9-36-16-7-28-15(6-29-16)21(25,26)27)19(35)17-13(8-33(2)32-17)18-30-4-12(22)5-31-18/h4-8,11,14H,3,9-10H2,1-2H3/t11-,14?/m1/s1. The van der Waals surface area contributed by atoms with Crippen molar-refractivity contribution in [2.24, 2.45) is 13.0 Å². The lowest BCUT2D eigenvalue weighted by Gasteiger charge is -2.42. The number of alkyl halides is 5. The third kappa shape index (κ3) is 5.39. The Labute approximate surface area is 200 Å². The van der Waals surface area contributed by atoms with E-state index in [9.17, 15) is 31.1 Å². The zero-order valence-corrected chi connectivity index (χ0v) is 18.9. The lowest BCUT2D eigenvalue weighted by molar-refractivity contribution is -0.141. The van der Waals surface area contributed by atoms with Gasteiger partial charge in [0.05, 0.1) is 42.9 Å². The summed E-state index contributed by atoms with van der Waals surface area (Å²) in [4.78, 5) is 28.8. The van der Waals surface area contributed by atoms with E-state index < -0.39 is 54.4 Å². The van der Waals surface area contributed by atoms with Crippen molar-refractivity contribution < 1.29 is 35.9 Å². The molecule has 36 heavy (non-hydrogen) atoms. The van der Waals surface area contributed by atoms with Crippen LogP contribution in [0.1, 0.15) is 29.5 Å². The molecule has 0 aliphatic carbocycles. The fourth-order valence-corrected chi connectivity index (χ4v) is 3.93. The fourth-order valence-electron chi connectivity index (χ4n) is 3.93. The van der Waals surface area contributed by atoms with E-state index in [1.165, 1.54) is 24.9 Å². The quantitative estimate of drug-likeness (QED) is 0.481. The minimum atomic E-state index is -4.69. The SMILES string of the molecule is C[C@@H]1CC(F)(F)CN(C(=O)c2nn(C)cc2-c2ncc(F)cn2)C1COc1cnc(C(F)(F)F)cn1. The lowest BCUT2D eigenvalue weighted by atomic mass is 9.88. The molecule has 4 rings (SSSR count). The van der Waals surface area contributed by atoms with Gasteiger partial charge in [-0.25, -0.2) is 33.1 Å². The van der Waals surface area contributed by atoms with Crippen LogP contribution in [0.25, 0.3) is 11.4 Å². The van der Waals surface area contributed by atoms with E-state index in [0.717, 1.165) is 23.5 Å². The van der Waals surface area contributed by atoms with E-state index in [4.69, 9.17) is 4.74 Å². The second-order valence-corrected chi connectivity index (χ2v) is 8.38. The number of carbonyl (C=O) groups excluding carboxylic acids is 1. The molecule has 2 atom stereocenters. The molecule has 3 aromatic rings. The number of hydrogen-bond donors (Lipinski definition) is 0. The van der Waals surface area contributed by atoms with Crippen LogP contribution in [-0.2, 0) is 13.2 Å². The van der Waals surface area contributed by atoms with Gasteiger partial charge in [0.15, 0.2) is 23.0 Å². The normalized spacial score (nSPS) is 19.8. The Morgan fingerprint density at radius 3 is 2.44 bits per heavy atom. The first-order chi connectivity index (χ1) is 16.8. The summed E-state index contributed by atoms with van der Waals surface area (Å²) in [5, 5.41) is 4.08. The molecule has 1 aliphatic heterocycles. The van der Waals surface area contributed by atoms with Gasteiger partial charge in [0, 0.05) is 19.7 Å². The second kappa shape index (κ2) is 9.35. The van der Waals surface area contributed by atoms with Crippen molar-refractivity contribution in [2.75, 3.05) is 13.2 Å². The molecule has 0 aromatic carbocycles. The maximum atomic E-state index is 14.5. The predicted octanol–water partition coefficient (Wildman–Crippen LogP) is 3.39. The third-order valence-electron chi connectivity index (χ3n) is 5.55. The molecule has 0 radical (unpaired) electrons. The summed E-state index contributed by atoms with van der Waals surface area (Å²) in [6.45, 7) is 0.226. The summed E-state index contributed by atoms with van der Waals surface area (Å²) in [6.07, 6.45) is -0.800. The van der Waals surface area contributed by atoms with Gasteiger partial charge in [0.25, 0.3) is 11.8 Å². The Hall–Kier alpha value is -3.78. The third-order valence-corrected chi connectivity index (χ3v) is 5.55. The zero-order valence-electron chi connectivity index (χ0n) is 18.9. The maximum absolute atomic E-state index is 14.5. The van der Waals surface area contributed by atoms with Crippen LogP contribution in [-0.4, -0.2) is 65.6 Å². The number of aryl methyl sites for hydroxylation is 1. The highest BCUT2D eigenvalue weighted by atomic mass is 19.4. The molecule has 192 valence electrons. The van der Waals surface area contributed by atoms with Gasteiger partial charge in [0.2, 0.25) is 5.88 Å². The average molecular weight is 515 g/mol. The number of ether oxygens (including phenoxy) is 1. The number of carbonyl (C=O) groups is 1. The van der Waals surface area contributed by atoms with Gasteiger partial charge < -0.3 is 9.64 Å². The van der Waals surface area contributed by atoms with E-state index in [2.05, 4.69) is 25.0 Å². The van der Waals surface area contributed by atoms with Gasteiger partial charge in [-0.3, -0.25) is 9.48 Å². The van der Waals surface area contributed by atoms with Crippen LogP contribution >= 0.6 is 0 Å². The molecule has 0 saturated carbocycles. The summed E-state index contributed by atoms with van der Waals surface area (Å²) in [7, 11) is 1.50. The molecule has 0 bridgehead atoms. The molecule has 0 N–H and O–H groups in total. The first-order valence-corrected chi connectivity index (χ1v) is 10.6. The van der Waals surface area contributed by atoms with Crippen LogP contribution in [0.4, 0.5) is 26.3 Å². The second-order valence-electron chi connectivity index (χ2n) is 8.38. The predicted molar refractivity (Wildman–Crippen MR) is 110 cm³/mol. The number of aromatic nitrogens is 6. The maximum Gasteiger partial charge on any atom is 0.434 e. The highest BCUT2D eigenvalue weighted by Gasteiger charge is 2.47. The van der Waals surface area contributed by atoms with Crippen molar-refractivity contribution >= 4 is 5.91 Å². The van der Waals surface area contributed by atoms with E-state index in [0.29, 0.717) is 6.20 Å². The monoisotopic (exact) mass is 515 g/mol. The van der Waals surface area contributed by atoms with Crippen LogP contribution < -0.4 is 4.74 Å². The Kier molecular flexibility index (Phi) is 6.58. The van der Waals surface area contributed by atoms with Crippen LogP contribution in [0.15, 0.2) is 31.0 Å². The molecule has 15 heteroatoms. The van der Waals surface area contributed by atoms with Crippen molar-refractivity contribution in [1.29, 1.82) is 0 Å². The van der Waals surface area contributed by atoms with Crippen molar-refractivity contribution in [2.45, 2.75) is 31.5 Å². The Morgan fingerprint density at radius 2 is 1.83 bits per heavy atom.